The molecule has 0 spiro atoms. The number of nitrogens with one attached hydrogen (secondary N) is 1. The van der Waals surface area contributed by atoms with E-state index >= 15 is 0 Å². The minimum atomic E-state index is -4.34. The van der Waals surface area contributed by atoms with Crippen LogP contribution in [0.4, 0.5) is 0 Å². The number of carbonyl (C=O) groups excluding carboxylic acids is 1. The number of hydrogen-bond donors (Lipinski definition) is 3. The zero-order chi connectivity index (χ0) is 42.8. The standard InChI is InChI=1S/C49H95N2O6P/c1-6-8-10-12-14-16-18-19-20-21-22-23-24-25-26-27-28-29-30-31-32-33-34-36-38-40-42-48(52)47(46-57-58(54,55)56-45-44-51(3,4)5)50-49(53)43-41-39-37-35-17-15-13-11-9-7-2/h29-30,33-34,40,42,47-48,52H,6-28,31-32,35-39,41,43-46H2,1-5H3,(H-,50,53,54,55)/p+1/b30-29+,34-33+,42-40+. The zero-order valence-corrected chi connectivity index (χ0v) is 39.7. The first-order chi connectivity index (χ1) is 28.0. The number of likely N-dealkylation sites (N-methyl/N-ethyl adjacent to an activating group) is 1. The molecule has 0 saturated heterocycles. The summed E-state index contributed by atoms with van der Waals surface area (Å²) in [5, 5.41) is 13.8. The molecule has 1 amide bonds. The molecule has 3 N–H and O–H groups in total. The second-order valence-corrected chi connectivity index (χ2v) is 19.3. The number of phosphoric ester groups is 1. The average molecular weight is 840 g/mol. The van der Waals surface area contributed by atoms with Crippen LogP contribution >= 0.6 is 7.82 Å². The number of aliphatic hydroxyl groups is 1. The number of amides is 1. The summed E-state index contributed by atoms with van der Waals surface area (Å²) < 4.78 is 23.5. The van der Waals surface area contributed by atoms with Gasteiger partial charge in [0.05, 0.1) is 39.9 Å². The third kappa shape index (κ3) is 42.8. The molecule has 0 bridgehead atoms. The smallest absolute Gasteiger partial charge is 0.387 e. The fourth-order valence-corrected chi connectivity index (χ4v) is 7.69. The van der Waals surface area contributed by atoms with E-state index in [1.54, 1.807) is 6.08 Å². The molecule has 0 aromatic rings. The van der Waals surface area contributed by atoms with E-state index in [4.69, 9.17) is 9.05 Å². The van der Waals surface area contributed by atoms with Gasteiger partial charge in [0.25, 0.3) is 0 Å². The Kier molecular flexibility index (Phi) is 40.2. The number of phosphoric acid groups is 1. The first-order valence-electron chi connectivity index (χ1n) is 24.4. The summed E-state index contributed by atoms with van der Waals surface area (Å²) in [6, 6.07) is -0.865. The first kappa shape index (κ1) is 56.7. The van der Waals surface area contributed by atoms with Crippen LogP contribution in [0.15, 0.2) is 36.5 Å². The fraction of sp³-hybridized carbons (Fsp3) is 0.857. The van der Waals surface area contributed by atoms with Gasteiger partial charge in [-0.25, -0.2) is 4.57 Å². The van der Waals surface area contributed by atoms with E-state index in [1.807, 2.05) is 27.2 Å². The molecule has 0 aromatic heterocycles. The summed E-state index contributed by atoms with van der Waals surface area (Å²) >= 11 is 0. The van der Waals surface area contributed by atoms with Crippen LogP contribution in [0.1, 0.15) is 219 Å². The summed E-state index contributed by atoms with van der Waals surface area (Å²) in [4.78, 5) is 23.1. The minimum Gasteiger partial charge on any atom is -0.387 e. The van der Waals surface area contributed by atoms with Gasteiger partial charge in [-0.1, -0.05) is 204 Å². The maximum Gasteiger partial charge on any atom is 0.472 e. The van der Waals surface area contributed by atoms with Crippen molar-refractivity contribution >= 4 is 13.7 Å². The number of carbonyl (C=O) groups is 1. The number of rotatable bonds is 44. The minimum absolute atomic E-state index is 0.0545. The van der Waals surface area contributed by atoms with Gasteiger partial charge in [0.1, 0.15) is 13.2 Å². The van der Waals surface area contributed by atoms with E-state index in [0.29, 0.717) is 17.4 Å². The van der Waals surface area contributed by atoms with Crippen molar-refractivity contribution in [2.45, 2.75) is 231 Å². The molecule has 0 heterocycles. The van der Waals surface area contributed by atoms with Crippen molar-refractivity contribution in [1.82, 2.24) is 5.32 Å². The van der Waals surface area contributed by atoms with Crippen molar-refractivity contribution in [2.24, 2.45) is 0 Å². The molecule has 0 fully saturated rings. The molecule has 0 radical (unpaired) electrons. The number of allylic oxidation sites excluding steroid dienone is 5. The van der Waals surface area contributed by atoms with Gasteiger partial charge in [-0.2, -0.15) is 0 Å². The quantitative estimate of drug-likeness (QED) is 0.0244. The van der Waals surface area contributed by atoms with Crippen molar-refractivity contribution in [1.29, 1.82) is 0 Å². The lowest BCUT2D eigenvalue weighted by Gasteiger charge is -2.25. The Morgan fingerprint density at radius 3 is 1.38 bits per heavy atom. The maximum atomic E-state index is 12.8. The highest BCUT2D eigenvalue weighted by atomic mass is 31.2. The molecule has 0 aliphatic carbocycles. The molecule has 0 rings (SSSR count). The molecule has 58 heavy (non-hydrogen) atoms. The van der Waals surface area contributed by atoms with E-state index in [0.717, 1.165) is 44.9 Å². The highest BCUT2D eigenvalue weighted by Gasteiger charge is 2.27. The monoisotopic (exact) mass is 840 g/mol. The van der Waals surface area contributed by atoms with Crippen LogP contribution < -0.4 is 5.32 Å². The van der Waals surface area contributed by atoms with Crippen LogP contribution in [-0.4, -0.2) is 73.4 Å². The lowest BCUT2D eigenvalue weighted by Crippen LogP contribution is -2.45. The normalized spacial score (nSPS) is 14.5. The van der Waals surface area contributed by atoms with Crippen molar-refractivity contribution < 1.29 is 32.9 Å². The van der Waals surface area contributed by atoms with Crippen molar-refractivity contribution in [3.63, 3.8) is 0 Å². The van der Waals surface area contributed by atoms with E-state index in [2.05, 4.69) is 43.5 Å². The summed E-state index contributed by atoms with van der Waals surface area (Å²) in [5.41, 5.74) is 0. The van der Waals surface area contributed by atoms with Gasteiger partial charge in [-0.3, -0.25) is 13.8 Å². The Bertz CT molecular complexity index is 1040. The van der Waals surface area contributed by atoms with Gasteiger partial charge in [0.15, 0.2) is 0 Å². The lowest BCUT2D eigenvalue weighted by molar-refractivity contribution is -0.870. The third-order valence-electron chi connectivity index (χ3n) is 10.8. The first-order valence-corrected chi connectivity index (χ1v) is 25.9. The highest BCUT2D eigenvalue weighted by Crippen LogP contribution is 2.43. The largest absolute Gasteiger partial charge is 0.472 e. The third-order valence-corrected chi connectivity index (χ3v) is 11.8. The summed E-state index contributed by atoms with van der Waals surface area (Å²) in [5.74, 6) is -0.193. The Morgan fingerprint density at radius 2 is 0.948 bits per heavy atom. The van der Waals surface area contributed by atoms with Crippen LogP contribution in [0.25, 0.3) is 0 Å². The molecule has 0 saturated carbocycles. The fourth-order valence-electron chi connectivity index (χ4n) is 6.96. The van der Waals surface area contributed by atoms with Crippen LogP contribution in [0.3, 0.4) is 0 Å². The van der Waals surface area contributed by atoms with Gasteiger partial charge < -0.3 is 19.8 Å². The Morgan fingerprint density at radius 1 is 0.569 bits per heavy atom. The van der Waals surface area contributed by atoms with Gasteiger partial charge in [-0.15, -0.1) is 0 Å². The molecule has 3 unspecified atom stereocenters. The Balaban J connectivity index is 4.29. The second kappa shape index (κ2) is 41.1. The van der Waals surface area contributed by atoms with E-state index < -0.39 is 20.0 Å². The predicted molar refractivity (Wildman–Crippen MR) is 249 cm³/mol. The molecule has 8 nitrogen and oxygen atoms in total. The van der Waals surface area contributed by atoms with E-state index in [-0.39, 0.29) is 19.1 Å². The SMILES string of the molecule is CCCCCCCCCCCCCCCCCC/C=C/CC/C=C/CC/C=C/C(O)C(COP(=O)(O)OCC[N+](C)(C)C)NC(=O)CCCCCCCCCCCC. The summed E-state index contributed by atoms with van der Waals surface area (Å²) in [6.45, 7) is 4.77. The number of nitrogens with zero attached hydrogens (tertiary/aromatic N) is 1. The summed E-state index contributed by atoms with van der Waals surface area (Å²) in [6.07, 6.45) is 51.0. The van der Waals surface area contributed by atoms with Gasteiger partial charge in [-0.05, 0) is 44.9 Å². The van der Waals surface area contributed by atoms with Crippen molar-refractivity contribution in [2.75, 3.05) is 40.9 Å². The molecular formula is C49H96N2O6P+. The lowest BCUT2D eigenvalue weighted by atomic mass is 10.0. The molecular weight excluding hydrogens is 744 g/mol. The second-order valence-electron chi connectivity index (χ2n) is 17.8. The Labute approximate surface area is 359 Å². The average Bonchev–Trinajstić information content (AvgIpc) is 3.17. The van der Waals surface area contributed by atoms with E-state index in [1.165, 1.54) is 154 Å². The number of quaternary nitrogens is 1. The molecule has 0 aliphatic heterocycles. The van der Waals surface area contributed by atoms with Crippen LogP contribution in [0.5, 0.6) is 0 Å². The van der Waals surface area contributed by atoms with Crippen LogP contribution in [0.2, 0.25) is 0 Å². The van der Waals surface area contributed by atoms with Crippen LogP contribution in [-0.2, 0) is 18.4 Å². The van der Waals surface area contributed by atoms with Crippen molar-refractivity contribution in [3.05, 3.63) is 36.5 Å². The summed E-state index contributed by atoms with van der Waals surface area (Å²) in [7, 11) is 1.55. The highest BCUT2D eigenvalue weighted by molar-refractivity contribution is 7.47. The Hall–Kier alpha value is -1.28. The van der Waals surface area contributed by atoms with Gasteiger partial charge in [0, 0.05) is 6.42 Å². The van der Waals surface area contributed by atoms with Crippen molar-refractivity contribution in [3.8, 4) is 0 Å². The van der Waals surface area contributed by atoms with Gasteiger partial charge >= 0.3 is 7.82 Å². The molecule has 9 heteroatoms. The molecule has 0 aliphatic rings. The zero-order valence-electron chi connectivity index (χ0n) is 38.8. The topological polar surface area (TPSA) is 105 Å². The molecule has 3 atom stereocenters. The molecule has 0 aromatic carbocycles. The van der Waals surface area contributed by atoms with Crippen LogP contribution in [0, 0.1) is 0 Å². The predicted octanol–water partition coefficient (Wildman–Crippen LogP) is 13.9. The van der Waals surface area contributed by atoms with Gasteiger partial charge in [0.2, 0.25) is 5.91 Å². The number of unbranched alkanes of at least 4 members (excludes halogenated alkanes) is 27. The maximum absolute atomic E-state index is 12.8. The van der Waals surface area contributed by atoms with E-state index in [9.17, 15) is 19.4 Å². The molecule has 342 valence electrons. The number of hydrogen-bond acceptors (Lipinski definition) is 5. The number of aliphatic hydroxyl groups excluding tert-OH is 1.